The van der Waals surface area contributed by atoms with E-state index in [2.05, 4.69) is 4.74 Å². The molecule has 2 aromatic carbocycles. The third-order valence-electron chi connectivity index (χ3n) is 4.23. The molecule has 0 unspecified atom stereocenters. The maximum absolute atomic E-state index is 13.1. The highest BCUT2D eigenvalue weighted by Crippen LogP contribution is 2.36. The lowest BCUT2D eigenvalue weighted by Gasteiger charge is -2.18. The van der Waals surface area contributed by atoms with E-state index in [9.17, 15) is 40.3 Å². The molecule has 0 radical (unpaired) electrons. The van der Waals surface area contributed by atoms with Crippen molar-refractivity contribution in [2.45, 2.75) is 25.1 Å². The van der Waals surface area contributed by atoms with Crippen LogP contribution in [-0.4, -0.2) is 38.4 Å². The first-order chi connectivity index (χ1) is 15.3. The number of hydrogen-bond acceptors (Lipinski definition) is 5. The number of esters is 1. The highest BCUT2D eigenvalue weighted by atomic mass is 19.4. The third-order valence-corrected chi connectivity index (χ3v) is 4.23. The lowest BCUT2D eigenvalue weighted by Crippen LogP contribution is -2.31. The Morgan fingerprint density at radius 2 is 1.42 bits per heavy atom. The number of rotatable bonds is 9. The van der Waals surface area contributed by atoms with E-state index in [1.54, 1.807) is 0 Å². The maximum Gasteiger partial charge on any atom is 0.416 e. The molecule has 180 valence electrons. The largest absolute Gasteiger partial charge is 0.467 e. The first-order valence-electron chi connectivity index (χ1n) is 9.19. The van der Waals surface area contributed by atoms with Gasteiger partial charge in [-0.2, -0.15) is 26.3 Å². The first kappa shape index (κ1) is 26.3. The second kappa shape index (κ2) is 10.8. The van der Waals surface area contributed by atoms with Crippen LogP contribution in [0.2, 0.25) is 0 Å². The highest BCUT2D eigenvalue weighted by Gasteiger charge is 2.36. The molecule has 0 spiro atoms. The monoisotopic (exact) mass is 482 g/mol. The predicted molar refractivity (Wildman–Crippen MR) is 98.6 cm³/mol. The molecule has 0 aliphatic heterocycles. The summed E-state index contributed by atoms with van der Waals surface area (Å²) < 4.78 is 106. The molecule has 0 aliphatic rings. The van der Waals surface area contributed by atoms with E-state index in [0.717, 1.165) is 31.4 Å². The fourth-order valence-corrected chi connectivity index (χ4v) is 2.60. The van der Waals surface area contributed by atoms with Gasteiger partial charge in [-0.05, 0) is 54.4 Å². The summed E-state index contributed by atoms with van der Waals surface area (Å²) in [4.78, 5) is 23.8. The normalized spacial score (nSPS) is 13.0. The van der Waals surface area contributed by atoms with Crippen LogP contribution in [0.4, 0.5) is 30.7 Å². The third kappa shape index (κ3) is 7.82. The fraction of sp³-hybridized carbons (Fsp3) is 0.333. The molecule has 1 atom stereocenters. The van der Waals surface area contributed by atoms with Crippen molar-refractivity contribution in [1.82, 2.24) is 0 Å². The molecule has 0 bridgehead atoms. The van der Waals surface area contributed by atoms with Crippen LogP contribution >= 0.6 is 0 Å². The standard InChI is InChI=1S/C21H17F7O5/c1-31-17(29)11-33-19(18(30)13-2-4-16(22)5-3-13)32-7-6-12-8-14(20(23,24)25)10-15(9-12)21(26,27)28/h2-5,8-10,19H,6-7,11H2,1H3/t19-/m1/s1. The van der Waals surface area contributed by atoms with Crippen LogP contribution in [0.3, 0.4) is 0 Å². The Morgan fingerprint density at radius 1 is 0.879 bits per heavy atom. The van der Waals surface area contributed by atoms with Gasteiger partial charge in [-0.15, -0.1) is 0 Å². The molecule has 0 aliphatic carbocycles. The summed E-state index contributed by atoms with van der Waals surface area (Å²) in [6, 6.07) is 5.23. The Bertz CT molecular complexity index is 936. The molecule has 0 amide bonds. The number of methoxy groups -OCH3 is 1. The molecular weight excluding hydrogens is 465 g/mol. The summed E-state index contributed by atoms with van der Waals surface area (Å²) in [6.07, 6.45) is -12.2. The molecule has 2 aromatic rings. The Labute approximate surface area is 183 Å². The zero-order chi connectivity index (χ0) is 24.8. The number of hydrogen-bond donors (Lipinski definition) is 0. The van der Waals surface area contributed by atoms with Gasteiger partial charge in [-0.1, -0.05) is 0 Å². The molecule has 33 heavy (non-hydrogen) atoms. The minimum Gasteiger partial charge on any atom is -0.467 e. The van der Waals surface area contributed by atoms with Crippen molar-refractivity contribution >= 4 is 11.8 Å². The molecule has 12 heteroatoms. The Hall–Kier alpha value is -2.99. The van der Waals surface area contributed by atoms with Crippen LogP contribution in [0.15, 0.2) is 42.5 Å². The first-order valence-corrected chi connectivity index (χ1v) is 9.19. The molecule has 0 heterocycles. The number of carbonyl (C=O) groups is 2. The van der Waals surface area contributed by atoms with E-state index in [1.165, 1.54) is 0 Å². The number of benzene rings is 2. The molecule has 0 saturated heterocycles. The number of carbonyl (C=O) groups excluding carboxylic acids is 2. The number of Topliss-reactive ketones (excluding diaryl/α,β-unsaturated/α-hetero) is 1. The zero-order valence-electron chi connectivity index (χ0n) is 16.9. The Balaban J connectivity index is 2.18. The van der Waals surface area contributed by atoms with Gasteiger partial charge in [0, 0.05) is 5.56 Å². The van der Waals surface area contributed by atoms with Gasteiger partial charge in [0.15, 0.2) is 0 Å². The number of ether oxygens (including phenoxy) is 3. The molecule has 5 nitrogen and oxygen atoms in total. The van der Waals surface area contributed by atoms with Crippen molar-refractivity contribution in [3.63, 3.8) is 0 Å². The van der Waals surface area contributed by atoms with E-state index >= 15 is 0 Å². The van der Waals surface area contributed by atoms with Crippen LogP contribution in [0.1, 0.15) is 27.0 Å². The molecule has 0 N–H and O–H groups in total. The van der Waals surface area contributed by atoms with Crippen molar-refractivity contribution < 1.29 is 54.5 Å². The van der Waals surface area contributed by atoms with Gasteiger partial charge in [0.1, 0.15) is 12.4 Å². The maximum atomic E-state index is 13.1. The number of alkyl halides is 6. The highest BCUT2D eigenvalue weighted by molar-refractivity contribution is 5.98. The number of ketones is 1. The average Bonchev–Trinajstić information content (AvgIpc) is 2.74. The van der Waals surface area contributed by atoms with Gasteiger partial charge in [0.05, 0.1) is 24.8 Å². The SMILES string of the molecule is COC(=O)CO[C@@H](OCCc1cc(C(F)(F)F)cc(C(F)(F)F)c1)C(=O)c1ccc(F)cc1. The molecule has 0 fully saturated rings. The van der Waals surface area contributed by atoms with Crippen LogP contribution in [-0.2, 0) is 37.8 Å². The summed E-state index contributed by atoms with van der Waals surface area (Å²) >= 11 is 0. The van der Waals surface area contributed by atoms with Crippen molar-refractivity contribution in [1.29, 1.82) is 0 Å². The van der Waals surface area contributed by atoms with Crippen molar-refractivity contribution in [2.24, 2.45) is 0 Å². The van der Waals surface area contributed by atoms with Crippen LogP contribution in [0, 0.1) is 5.82 Å². The summed E-state index contributed by atoms with van der Waals surface area (Å²) in [6.45, 7) is -1.26. The van der Waals surface area contributed by atoms with E-state index in [0.29, 0.717) is 12.1 Å². The van der Waals surface area contributed by atoms with Gasteiger partial charge in [-0.25, -0.2) is 9.18 Å². The Kier molecular flexibility index (Phi) is 8.56. The van der Waals surface area contributed by atoms with Gasteiger partial charge in [-0.3, -0.25) is 4.79 Å². The predicted octanol–water partition coefficient (Wildman–Crippen LogP) is 4.82. The summed E-state index contributed by atoms with van der Waals surface area (Å²) in [5.41, 5.74) is -3.40. The van der Waals surface area contributed by atoms with Crippen molar-refractivity contribution in [3.05, 3.63) is 70.5 Å². The molecular formula is C21H17F7O5. The van der Waals surface area contributed by atoms with Crippen molar-refractivity contribution in [2.75, 3.05) is 20.3 Å². The quantitative estimate of drug-likeness (QED) is 0.222. The van der Waals surface area contributed by atoms with E-state index < -0.39 is 67.0 Å². The van der Waals surface area contributed by atoms with Gasteiger partial charge in [0.2, 0.25) is 12.1 Å². The van der Waals surface area contributed by atoms with E-state index in [-0.39, 0.29) is 17.2 Å². The molecule has 0 saturated carbocycles. The summed E-state index contributed by atoms with van der Waals surface area (Å²) in [5, 5.41) is 0. The second-order valence-electron chi connectivity index (χ2n) is 6.63. The summed E-state index contributed by atoms with van der Waals surface area (Å²) in [5.74, 6) is -2.35. The lowest BCUT2D eigenvalue weighted by molar-refractivity contribution is -0.160. The minimum atomic E-state index is -5.01. The van der Waals surface area contributed by atoms with E-state index in [4.69, 9.17) is 9.47 Å². The second-order valence-corrected chi connectivity index (χ2v) is 6.63. The minimum absolute atomic E-state index is 0.00923. The average molecular weight is 482 g/mol. The fourth-order valence-electron chi connectivity index (χ4n) is 2.60. The number of halogens is 7. The lowest BCUT2D eigenvalue weighted by atomic mass is 10.0. The van der Waals surface area contributed by atoms with Crippen LogP contribution in [0.25, 0.3) is 0 Å². The van der Waals surface area contributed by atoms with Gasteiger partial charge in [0.25, 0.3) is 0 Å². The summed E-state index contributed by atoms with van der Waals surface area (Å²) in [7, 11) is 1.05. The van der Waals surface area contributed by atoms with Gasteiger partial charge < -0.3 is 14.2 Å². The molecule has 0 aromatic heterocycles. The molecule has 2 rings (SSSR count). The Morgan fingerprint density at radius 3 is 1.91 bits per heavy atom. The topological polar surface area (TPSA) is 61.8 Å². The van der Waals surface area contributed by atoms with Gasteiger partial charge >= 0.3 is 18.3 Å². The zero-order valence-corrected chi connectivity index (χ0v) is 16.9. The van der Waals surface area contributed by atoms with E-state index in [1.807, 2.05) is 0 Å². The van der Waals surface area contributed by atoms with Crippen LogP contribution in [0.5, 0.6) is 0 Å². The van der Waals surface area contributed by atoms with Crippen LogP contribution < -0.4 is 0 Å². The van der Waals surface area contributed by atoms with Crippen molar-refractivity contribution in [3.8, 4) is 0 Å². The smallest absolute Gasteiger partial charge is 0.416 e.